The van der Waals surface area contributed by atoms with Crippen molar-refractivity contribution in [1.29, 1.82) is 0 Å². The molecule has 2 N–H and O–H groups in total. The highest BCUT2D eigenvalue weighted by Gasteiger charge is 2.57. The van der Waals surface area contributed by atoms with Crippen molar-refractivity contribution < 1.29 is 9.84 Å². The number of phenols is 1. The van der Waals surface area contributed by atoms with Gasteiger partial charge >= 0.3 is 0 Å². The Morgan fingerprint density at radius 3 is 2.80 bits per heavy atom. The number of hydrogen-bond acceptors (Lipinski definition) is 3. The number of nitrogens with one attached hydrogen (secondary N) is 1. The van der Waals surface area contributed by atoms with Gasteiger partial charge in [0.05, 0.1) is 6.10 Å². The van der Waals surface area contributed by atoms with Gasteiger partial charge in [-0.3, -0.25) is 0 Å². The van der Waals surface area contributed by atoms with Crippen LogP contribution in [0.25, 0.3) is 0 Å². The predicted molar refractivity (Wildman–Crippen MR) is 81.2 cm³/mol. The molecule has 0 aromatic heterocycles. The first kappa shape index (κ1) is 13.7. The van der Waals surface area contributed by atoms with Crippen molar-refractivity contribution in [2.24, 2.45) is 11.3 Å². The average molecular weight is 275 g/mol. The number of fused-ring (bicyclic) bond motifs is 1. The maximum absolute atomic E-state index is 10.1. The van der Waals surface area contributed by atoms with Crippen molar-refractivity contribution in [3.05, 3.63) is 23.3 Å². The molecule has 1 saturated carbocycles. The van der Waals surface area contributed by atoms with Gasteiger partial charge in [0.2, 0.25) is 0 Å². The second-order valence-corrected chi connectivity index (χ2v) is 6.94. The maximum Gasteiger partial charge on any atom is 0.123 e. The van der Waals surface area contributed by atoms with Crippen LogP contribution in [0.15, 0.2) is 12.1 Å². The van der Waals surface area contributed by atoms with Gasteiger partial charge in [-0.15, -0.1) is 0 Å². The van der Waals surface area contributed by atoms with E-state index in [0.29, 0.717) is 23.8 Å². The van der Waals surface area contributed by atoms with Crippen LogP contribution in [-0.4, -0.2) is 23.9 Å². The molecular formula is C17H25NO2. The summed E-state index contributed by atoms with van der Waals surface area (Å²) >= 11 is 0. The highest BCUT2D eigenvalue weighted by Crippen LogP contribution is 2.52. The lowest BCUT2D eigenvalue weighted by molar-refractivity contribution is -0.177. The number of aryl methyl sites for hydroxylation is 1. The third kappa shape index (κ3) is 1.91. The largest absolute Gasteiger partial charge is 0.507 e. The van der Waals surface area contributed by atoms with E-state index >= 15 is 0 Å². The molecular weight excluding hydrogens is 250 g/mol. The number of ether oxygens (including phenoxy) is 1. The lowest BCUT2D eigenvalue weighted by Crippen LogP contribution is -2.67. The first-order valence-corrected chi connectivity index (χ1v) is 7.60. The number of rotatable bonds is 2. The Balaban J connectivity index is 1.83. The molecule has 1 aliphatic heterocycles. The molecule has 20 heavy (non-hydrogen) atoms. The fourth-order valence-corrected chi connectivity index (χ4v) is 3.97. The van der Waals surface area contributed by atoms with E-state index in [4.69, 9.17) is 4.74 Å². The van der Waals surface area contributed by atoms with Crippen LogP contribution in [-0.2, 0) is 4.74 Å². The van der Waals surface area contributed by atoms with Gasteiger partial charge in [-0.05, 0) is 38.3 Å². The molecule has 2 aliphatic rings. The van der Waals surface area contributed by atoms with Crippen LogP contribution >= 0.6 is 0 Å². The van der Waals surface area contributed by atoms with Gasteiger partial charge in [0.25, 0.3) is 0 Å². The minimum atomic E-state index is 0.151. The molecule has 1 aromatic carbocycles. The third-order valence-electron chi connectivity index (χ3n) is 5.27. The fourth-order valence-electron chi connectivity index (χ4n) is 3.97. The Morgan fingerprint density at radius 1 is 1.30 bits per heavy atom. The number of anilines is 1. The molecule has 110 valence electrons. The van der Waals surface area contributed by atoms with Crippen LogP contribution in [0.4, 0.5) is 5.69 Å². The number of phenolic OH excluding ortho intramolecular Hbond substituents is 1. The molecule has 3 heteroatoms. The summed E-state index contributed by atoms with van der Waals surface area (Å²) < 4.78 is 5.94. The van der Waals surface area contributed by atoms with Crippen molar-refractivity contribution in [2.45, 2.75) is 52.7 Å². The molecule has 1 saturated heterocycles. The topological polar surface area (TPSA) is 41.5 Å². The van der Waals surface area contributed by atoms with Gasteiger partial charge < -0.3 is 15.2 Å². The lowest BCUT2D eigenvalue weighted by Gasteiger charge is -2.60. The number of benzene rings is 1. The Kier molecular flexibility index (Phi) is 3.20. The molecule has 3 rings (SSSR count). The zero-order valence-corrected chi connectivity index (χ0v) is 12.9. The SMILES string of the molecule is Cc1ccc(NC2C3CCCOC3C2(C)C)c(C)c1O. The summed E-state index contributed by atoms with van der Waals surface area (Å²) in [5.74, 6) is 1.00. The van der Waals surface area contributed by atoms with Gasteiger partial charge in [-0.25, -0.2) is 0 Å². The highest BCUT2D eigenvalue weighted by molar-refractivity contribution is 5.60. The lowest BCUT2D eigenvalue weighted by atomic mass is 9.55. The normalized spacial score (nSPS) is 31.3. The van der Waals surface area contributed by atoms with E-state index in [1.807, 2.05) is 19.9 Å². The predicted octanol–water partition coefficient (Wildman–Crippen LogP) is 3.62. The average Bonchev–Trinajstić information content (AvgIpc) is 2.44. The number of aromatic hydroxyl groups is 1. The first-order valence-electron chi connectivity index (χ1n) is 7.60. The maximum atomic E-state index is 10.1. The van der Waals surface area contributed by atoms with Crippen LogP contribution in [0.2, 0.25) is 0 Å². The van der Waals surface area contributed by atoms with Crippen molar-refractivity contribution >= 4 is 5.69 Å². The molecule has 0 bridgehead atoms. The van der Waals surface area contributed by atoms with Crippen LogP contribution in [0, 0.1) is 25.2 Å². The Hall–Kier alpha value is -1.22. The molecule has 0 radical (unpaired) electrons. The summed E-state index contributed by atoms with van der Waals surface area (Å²) in [4.78, 5) is 0. The summed E-state index contributed by atoms with van der Waals surface area (Å²) in [5, 5.41) is 13.8. The molecule has 3 atom stereocenters. The summed E-state index contributed by atoms with van der Waals surface area (Å²) in [5.41, 5.74) is 3.08. The minimum absolute atomic E-state index is 0.151. The fraction of sp³-hybridized carbons (Fsp3) is 0.647. The van der Waals surface area contributed by atoms with Crippen molar-refractivity contribution in [3.8, 4) is 5.75 Å². The molecule has 0 amide bonds. The van der Waals surface area contributed by atoms with E-state index < -0.39 is 0 Å². The van der Waals surface area contributed by atoms with Crippen molar-refractivity contribution in [1.82, 2.24) is 0 Å². The Labute approximate surface area is 121 Å². The van der Waals surface area contributed by atoms with Crippen LogP contribution in [0.3, 0.4) is 0 Å². The molecule has 3 unspecified atom stereocenters. The van der Waals surface area contributed by atoms with Gasteiger partial charge in [0.1, 0.15) is 5.75 Å². The van der Waals surface area contributed by atoms with E-state index in [2.05, 4.69) is 25.2 Å². The van der Waals surface area contributed by atoms with E-state index in [1.165, 1.54) is 6.42 Å². The Bertz CT molecular complexity index is 524. The molecule has 1 aromatic rings. The van der Waals surface area contributed by atoms with E-state index in [9.17, 15) is 5.11 Å². The van der Waals surface area contributed by atoms with Gasteiger partial charge in [-0.1, -0.05) is 19.9 Å². The minimum Gasteiger partial charge on any atom is -0.507 e. The summed E-state index contributed by atoms with van der Waals surface area (Å²) in [6.07, 6.45) is 2.78. The Morgan fingerprint density at radius 2 is 2.05 bits per heavy atom. The zero-order chi connectivity index (χ0) is 14.5. The van der Waals surface area contributed by atoms with Crippen molar-refractivity contribution in [2.75, 3.05) is 11.9 Å². The van der Waals surface area contributed by atoms with E-state index in [1.54, 1.807) is 0 Å². The van der Waals surface area contributed by atoms with Crippen LogP contribution in [0.1, 0.15) is 37.8 Å². The van der Waals surface area contributed by atoms with Gasteiger partial charge in [0, 0.05) is 35.2 Å². The smallest absolute Gasteiger partial charge is 0.123 e. The monoisotopic (exact) mass is 275 g/mol. The van der Waals surface area contributed by atoms with Gasteiger partial charge in [0.15, 0.2) is 0 Å². The molecule has 1 aliphatic carbocycles. The zero-order valence-electron chi connectivity index (χ0n) is 12.9. The van der Waals surface area contributed by atoms with E-state index in [0.717, 1.165) is 29.8 Å². The standard InChI is InChI=1S/C17H25NO2/c1-10-7-8-13(11(2)14(10)19)18-15-12-6-5-9-20-16(12)17(15,3)4/h7-8,12,15-16,18-19H,5-6,9H2,1-4H3. The van der Waals surface area contributed by atoms with Crippen LogP contribution < -0.4 is 5.32 Å². The summed E-state index contributed by atoms with van der Waals surface area (Å²) in [7, 11) is 0. The third-order valence-corrected chi connectivity index (χ3v) is 5.27. The first-order chi connectivity index (χ1) is 9.43. The quantitative estimate of drug-likeness (QED) is 0.866. The molecule has 1 heterocycles. The second-order valence-electron chi connectivity index (χ2n) is 6.94. The van der Waals surface area contributed by atoms with Crippen molar-refractivity contribution in [3.63, 3.8) is 0 Å². The molecule has 2 fully saturated rings. The summed E-state index contributed by atoms with van der Waals surface area (Å²) in [6, 6.07) is 4.48. The number of hydrogen-bond donors (Lipinski definition) is 2. The molecule has 3 nitrogen and oxygen atoms in total. The van der Waals surface area contributed by atoms with E-state index in [-0.39, 0.29) is 5.41 Å². The van der Waals surface area contributed by atoms with Gasteiger partial charge in [-0.2, -0.15) is 0 Å². The van der Waals surface area contributed by atoms with Crippen LogP contribution in [0.5, 0.6) is 5.75 Å². The summed E-state index contributed by atoms with van der Waals surface area (Å²) in [6.45, 7) is 9.37. The highest BCUT2D eigenvalue weighted by atomic mass is 16.5. The molecule has 0 spiro atoms. The second kappa shape index (κ2) is 4.66.